The third-order valence-corrected chi connectivity index (χ3v) is 11.9. The smallest absolute Gasteiger partial charge is 0.411 e. The molecule has 2 aromatic carbocycles. The van der Waals surface area contributed by atoms with E-state index in [1.54, 1.807) is 4.90 Å². The Morgan fingerprint density at radius 2 is 1.33 bits per heavy atom. The van der Waals surface area contributed by atoms with Crippen LogP contribution in [-0.2, 0) is 9.47 Å². The van der Waals surface area contributed by atoms with Gasteiger partial charge in [-0.3, -0.25) is 9.80 Å². The van der Waals surface area contributed by atoms with E-state index in [2.05, 4.69) is 45.3 Å². The predicted octanol–water partition coefficient (Wildman–Crippen LogP) is 8.30. The van der Waals surface area contributed by atoms with E-state index < -0.39 is 11.2 Å². The fourth-order valence-corrected chi connectivity index (χ4v) is 9.28. The molecule has 6 heterocycles. The van der Waals surface area contributed by atoms with Crippen LogP contribution in [0, 0.1) is 11.8 Å². The number of nitrogens with zero attached hydrogens (tertiary/aromatic N) is 4. The van der Waals surface area contributed by atoms with Crippen molar-refractivity contribution in [1.29, 1.82) is 0 Å². The van der Waals surface area contributed by atoms with Gasteiger partial charge in [0.05, 0.1) is 41.4 Å². The number of hydrogen-bond donors (Lipinski definition) is 2. The van der Waals surface area contributed by atoms with Crippen molar-refractivity contribution in [2.75, 3.05) is 19.8 Å². The Morgan fingerprint density at radius 3 is 1.89 bits per heavy atom. The molecule has 2 aromatic heterocycles. The molecular weight excluding hydrogens is 684 g/mol. The van der Waals surface area contributed by atoms with Crippen molar-refractivity contribution < 1.29 is 28.5 Å². The highest BCUT2D eigenvalue weighted by molar-refractivity contribution is 5.98. The lowest BCUT2D eigenvalue weighted by Gasteiger charge is -2.30. The number of rotatable bonds is 4. The second-order valence-corrected chi connectivity index (χ2v) is 17.7. The van der Waals surface area contributed by atoms with Crippen LogP contribution >= 0.6 is 0 Å². The zero-order valence-corrected chi connectivity index (χ0v) is 31.6. The first-order valence-corrected chi connectivity index (χ1v) is 19.2. The van der Waals surface area contributed by atoms with E-state index in [-0.39, 0.29) is 29.8 Å². The van der Waals surface area contributed by atoms with Gasteiger partial charge in [0.15, 0.2) is 0 Å². The Bertz CT molecular complexity index is 2260. The number of benzene rings is 2. The first-order valence-electron chi connectivity index (χ1n) is 19.2. The van der Waals surface area contributed by atoms with E-state index in [4.69, 9.17) is 23.9 Å². The summed E-state index contributed by atoms with van der Waals surface area (Å²) in [6.07, 6.45) is 6.85. The largest absolute Gasteiger partial charge is 0.488 e. The minimum absolute atomic E-state index is 0.0158. The second kappa shape index (κ2) is 11.4. The number of hydrogen-bond acceptors (Lipinski definition) is 8. The zero-order chi connectivity index (χ0) is 37.3. The van der Waals surface area contributed by atoms with Crippen LogP contribution in [0.2, 0.25) is 0 Å². The minimum Gasteiger partial charge on any atom is -0.488 e. The lowest BCUT2D eigenvalue weighted by molar-refractivity contribution is 0.0135. The Kier molecular flexibility index (Phi) is 7.02. The van der Waals surface area contributed by atoms with Crippen LogP contribution < -0.4 is 9.47 Å². The number of likely N-dealkylation sites (tertiary alicyclic amines) is 2. The molecule has 2 saturated heterocycles. The van der Waals surface area contributed by atoms with Gasteiger partial charge >= 0.3 is 12.2 Å². The normalized spacial score (nSPS) is 26.2. The van der Waals surface area contributed by atoms with E-state index in [9.17, 15) is 9.59 Å². The number of imidazole rings is 2. The van der Waals surface area contributed by atoms with Crippen molar-refractivity contribution in [1.82, 2.24) is 29.7 Å². The number of carbonyl (C=O) groups excluding carboxylic acids is 2. The molecule has 280 valence electrons. The Balaban J connectivity index is 0.865. The highest BCUT2D eigenvalue weighted by atomic mass is 16.6. The topological polar surface area (TPSA) is 135 Å². The van der Waals surface area contributed by atoms with E-state index in [1.165, 1.54) is 0 Å². The summed E-state index contributed by atoms with van der Waals surface area (Å²) in [6, 6.07) is 12.2. The van der Waals surface area contributed by atoms with Crippen LogP contribution in [0.1, 0.15) is 102 Å². The summed E-state index contributed by atoms with van der Waals surface area (Å²) in [4.78, 5) is 46.5. The molecule has 54 heavy (non-hydrogen) atoms. The average molecular weight is 731 g/mol. The number of aromatic nitrogens is 4. The number of piperidine rings is 1. The molecule has 2 amide bonds. The minimum atomic E-state index is -0.555. The molecule has 10 rings (SSSR count). The molecule has 4 fully saturated rings. The number of nitrogens with one attached hydrogen (secondary N) is 2. The molecule has 5 unspecified atom stereocenters. The first-order chi connectivity index (χ1) is 25.8. The summed E-state index contributed by atoms with van der Waals surface area (Å²) >= 11 is 0. The summed E-state index contributed by atoms with van der Waals surface area (Å²) < 4.78 is 24.3. The van der Waals surface area contributed by atoms with E-state index >= 15 is 0 Å². The van der Waals surface area contributed by atoms with Crippen LogP contribution in [0.15, 0.2) is 48.8 Å². The molecule has 1 spiro atoms. The first kappa shape index (κ1) is 33.3. The summed E-state index contributed by atoms with van der Waals surface area (Å²) in [6.45, 7) is 12.9. The number of carbonyl (C=O) groups is 2. The molecule has 0 bridgehead atoms. The van der Waals surface area contributed by atoms with Crippen molar-refractivity contribution in [2.45, 2.75) is 96.1 Å². The molecule has 4 aliphatic heterocycles. The van der Waals surface area contributed by atoms with Gasteiger partial charge in [-0.05, 0) is 91.2 Å². The lowest BCUT2D eigenvalue weighted by Crippen LogP contribution is -2.41. The molecule has 2 aliphatic carbocycles. The molecule has 12 heteroatoms. The highest BCUT2D eigenvalue weighted by Gasteiger charge is 2.87. The maximum absolute atomic E-state index is 13.3. The van der Waals surface area contributed by atoms with E-state index in [0.29, 0.717) is 31.6 Å². The van der Waals surface area contributed by atoms with Crippen LogP contribution in [0.3, 0.4) is 0 Å². The van der Waals surface area contributed by atoms with Gasteiger partial charge in [0, 0.05) is 39.9 Å². The van der Waals surface area contributed by atoms with Gasteiger partial charge in [0.1, 0.15) is 47.6 Å². The molecule has 2 N–H and O–H groups in total. The van der Waals surface area contributed by atoms with Crippen molar-refractivity contribution in [3.8, 4) is 34.0 Å². The average Bonchev–Trinajstić information content (AvgIpc) is 3.55. The number of H-pyrrole nitrogens is 2. The molecule has 6 aliphatic rings. The Morgan fingerprint density at radius 1 is 0.778 bits per heavy atom. The van der Waals surface area contributed by atoms with Gasteiger partial charge in [-0.25, -0.2) is 19.6 Å². The van der Waals surface area contributed by atoms with Crippen LogP contribution in [0.25, 0.3) is 33.7 Å². The Hall–Kier alpha value is -5.26. The molecular formula is C42H46N6O6. The SMILES string of the molecule is CC(C)(C)OC(=O)N1CCCC1c1ncc(-c2ccc3c(c2)OCC2=C3COc3cc(-c4cnc(C5CC6C7CC67N5C(=O)OC(C)(C)C)[nH]4)ccc32)[nH]1. The summed E-state index contributed by atoms with van der Waals surface area (Å²) in [5, 5.41) is 0. The standard InChI is InChI=1S/C42H46N6O6/c1-40(2,3)53-38(49)47-13-7-8-32(47)36-43-18-30(45-36)22-9-11-24-26-21-52-35-15-23(10-12-25(35)27(26)20-51-34(24)14-22)31-19-44-37(46-31)33-16-28-29-17-42(28,29)48(33)39(50)54-41(4,5)6/h9-12,14-15,18-19,28-29,32-33H,7-8,13,16-17,20-21H2,1-6H3,(H,43,45)(H,44,46). The number of amides is 2. The van der Waals surface area contributed by atoms with Crippen molar-refractivity contribution in [2.24, 2.45) is 11.8 Å². The molecule has 4 aromatic rings. The van der Waals surface area contributed by atoms with Crippen molar-refractivity contribution in [3.63, 3.8) is 0 Å². The van der Waals surface area contributed by atoms with Gasteiger partial charge < -0.3 is 28.9 Å². The summed E-state index contributed by atoms with van der Waals surface area (Å²) in [5.74, 6) is 4.34. The van der Waals surface area contributed by atoms with Crippen LogP contribution in [0.5, 0.6) is 11.5 Å². The summed E-state index contributed by atoms with van der Waals surface area (Å²) in [7, 11) is 0. The van der Waals surface area contributed by atoms with Crippen LogP contribution in [0.4, 0.5) is 9.59 Å². The number of aromatic amines is 2. The quantitative estimate of drug-likeness (QED) is 0.214. The predicted molar refractivity (Wildman–Crippen MR) is 201 cm³/mol. The number of ether oxygens (including phenoxy) is 4. The molecule has 12 nitrogen and oxygen atoms in total. The van der Waals surface area contributed by atoms with Gasteiger partial charge in [-0.2, -0.15) is 0 Å². The molecule has 2 saturated carbocycles. The third kappa shape index (κ3) is 5.31. The van der Waals surface area contributed by atoms with Gasteiger partial charge in [-0.15, -0.1) is 0 Å². The Labute approximate surface area is 314 Å². The third-order valence-electron chi connectivity index (χ3n) is 11.9. The zero-order valence-electron chi connectivity index (χ0n) is 31.6. The summed E-state index contributed by atoms with van der Waals surface area (Å²) in [5.41, 5.74) is 6.84. The fourth-order valence-electron chi connectivity index (χ4n) is 9.28. The van der Waals surface area contributed by atoms with Crippen molar-refractivity contribution >= 4 is 23.3 Å². The van der Waals surface area contributed by atoms with Gasteiger partial charge in [0.25, 0.3) is 0 Å². The van der Waals surface area contributed by atoms with Gasteiger partial charge in [0.2, 0.25) is 0 Å². The van der Waals surface area contributed by atoms with E-state index in [0.717, 1.165) is 93.6 Å². The monoisotopic (exact) mass is 730 g/mol. The second-order valence-electron chi connectivity index (χ2n) is 17.7. The highest BCUT2D eigenvalue weighted by Crippen LogP contribution is 2.82. The molecule has 0 radical (unpaired) electrons. The van der Waals surface area contributed by atoms with Crippen molar-refractivity contribution in [3.05, 3.63) is 71.6 Å². The fraction of sp³-hybridized carbons (Fsp3) is 0.476. The molecule has 5 atom stereocenters. The maximum atomic E-state index is 13.3. The van der Waals surface area contributed by atoms with Gasteiger partial charge in [-0.1, -0.05) is 24.3 Å². The van der Waals surface area contributed by atoms with Crippen LogP contribution in [-0.4, -0.2) is 78.4 Å². The number of fused-ring (bicyclic) bond motifs is 5. The van der Waals surface area contributed by atoms with E-state index in [1.807, 2.05) is 64.9 Å². The maximum Gasteiger partial charge on any atom is 0.411 e. The lowest BCUT2D eigenvalue weighted by atomic mass is 9.89.